The number of nitrogens with zero attached hydrogens (tertiary/aromatic N) is 3. The Balaban J connectivity index is 2.60. The van der Waals surface area contributed by atoms with Gasteiger partial charge in [-0.3, -0.25) is 9.69 Å². The molecule has 1 atom stereocenters. The molecule has 6 heteroatoms. The molecule has 0 spiro atoms. The zero-order chi connectivity index (χ0) is 18.1. The van der Waals surface area contributed by atoms with Gasteiger partial charge in [0.2, 0.25) is 5.91 Å². The van der Waals surface area contributed by atoms with Crippen LogP contribution in [-0.4, -0.2) is 74.5 Å². The molecule has 0 aromatic rings. The summed E-state index contributed by atoms with van der Waals surface area (Å²) in [6.07, 6.45) is 2.57. The second-order valence-corrected chi connectivity index (χ2v) is 7.39. The van der Waals surface area contributed by atoms with Gasteiger partial charge in [0.1, 0.15) is 6.54 Å². The van der Waals surface area contributed by atoms with Crippen LogP contribution in [0.2, 0.25) is 0 Å². The lowest BCUT2D eigenvalue weighted by Gasteiger charge is -2.39. The van der Waals surface area contributed by atoms with E-state index in [-0.39, 0.29) is 12.5 Å². The van der Waals surface area contributed by atoms with Gasteiger partial charge in [0.25, 0.3) is 0 Å². The minimum absolute atomic E-state index is 0.0117. The molecule has 1 saturated heterocycles. The molecular weight excluding hydrogens is 302 g/mol. The normalized spacial score (nSPS) is 18.5. The fraction of sp³-hybridized carbons (Fsp3) is 0.889. The number of hydrogen-bond donors (Lipinski definition) is 2. The van der Waals surface area contributed by atoms with Crippen LogP contribution in [0.15, 0.2) is 4.99 Å². The third-order valence-corrected chi connectivity index (χ3v) is 4.75. The zero-order valence-corrected chi connectivity index (χ0v) is 16.4. The largest absolute Gasteiger partial charge is 0.357 e. The highest BCUT2D eigenvalue weighted by Crippen LogP contribution is 2.20. The first-order valence-corrected chi connectivity index (χ1v) is 9.31. The molecule has 0 aliphatic carbocycles. The van der Waals surface area contributed by atoms with E-state index < -0.39 is 0 Å². The van der Waals surface area contributed by atoms with E-state index in [1.54, 1.807) is 19.0 Å². The van der Waals surface area contributed by atoms with Gasteiger partial charge in [0, 0.05) is 33.2 Å². The minimum atomic E-state index is 0.0117. The second-order valence-electron chi connectivity index (χ2n) is 7.39. The number of amides is 1. The number of guanidine groups is 1. The average molecular weight is 340 g/mol. The molecule has 0 saturated carbocycles. The lowest BCUT2D eigenvalue weighted by molar-refractivity contribution is -0.127. The maximum atomic E-state index is 11.7. The maximum absolute atomic E-state index is 11.7. The molecular formula is C18H37N5O. The van der Waals surface area contributed by atoms with Crippen molar-refractivity contribution >= 4 is 11.9 Å². The van der Waals surface area contributed by atoms with Gasteiger partial charge in [0.15, 0.2) is 5.96 Å². The van der Waals surface area contributed by atoms with Gasteiger partial charge in [-0.05, 0) is 44.7 Å². The number of rotatable bonds is 7. The summed E-state index contributed by atoms with van der Waals surface area (Å²) in [4.78, 5) is 20.3. The molecule has 140 valence electrons. The Bertz CT molecular complexity index is 400. The van der Waals surface area contributed by atoms with E-state index in [1.165, 1.54) is 25.9 Å². The van der Waals surface area contributed by atoms with Crippen molar-refractivity contribution in [2.24, 2.45) is 16.8 Å². The summed E-state index contributed by atoms with van der Waals surface area (Å²) >= 11 is 0. The van der Waals surface area contributed by atoms with Gasteiger partial charge < -0.3 is 15.5 Å². The Morgan fingerprint density at radius 1 is 1.25 bits per heavy atom. The summed E-state index contributed by atoms with van der Waals surface area (Å²) < 4.78 is 0. The van der Waals surface area contributed by atoms with Crippen LogP contribution in [0.4, 0.5) is 0 Å². The first-order chi connectivity index (χ1) is 11.3. The van der Waals surface area contributed by atoms with Crippen LogP contribution in [0.5, 0.6) is 0 Å². The van der Waals surface area contributed by atoms with Crippen molar-refractivity contribution in [1.29, 1.82) is 0 Å². The Kier molecular flexibility index (Phi) is 9.11. The monoisotopic (exact) mass is 339 g/mol. The van der Waals surface area contributed by atoms with Gasteiger partial charge >= 0.3 is 0 Å². The van der Waals surface area contributed by atoms with Crippen molar-refractivity contribution < 1.29 is 4.79 Å². The molecule has 0 aromatic carbocycles. The SMILES string of the molecule is CCNC(=NCC(=O)N(C)C)NCC(C(C)C)N1CCC(C)CC1. The number of carbonyl (C=O) groups is 1. The lowest BCUT2D eigenvalue weighted by Crippen LogP contribution is -2.51. The molecule has 2 N–H and O–H groups in total. The van der Waals surface area contributed by atoms with Gasteiger partial charge in [-0.2, -0.15) is 0 Å². The molecule has 1 unspecified atom stereocenters. The van der Waals surface area contributed by atoms with Crippen molar-refractivity contribution in [1.82, 2.24) is 20.4 Å². The van der Waals surface area contributed by atoms with Gasteiger partial charge in [-0.1, -0.05) is 20.8 Å². The zero-order valence-electron chi connectivity index (χ0n) is 16.4. The van der Waals surface area contributed by atoms with Crippen LogP contribution in [0, 0.1) is 11.8 Å². The number of likely N-dealkylation sites (N-methyl/N-ethyl adjacent to an activating group) is 1. The van der Waals surface area contributed by atoms with Gasteiger partial charge in [0.05, 0.1) is 0 Å². The van der Waals surface area contributed by atoms with E-state index >= 15 is 0 Å². The van der Waals surface area contributed by atoms with Crippen LogP contribution in [0.3, 0.4) is 0 Å². The molecule has 1 rings (SSSR count). The quantitative estimate of drug-likeness (QED) is 0.543. The van der Waals surface area contributed by atoms with Crippen LogP contribution in [0.25, 0.3) is 0 Å². The Morgan fingerprint density at radius 2 is 1.88 bits per heavy atom. The number of aliphatic imine (C=N–C) groups is 1. The van der Waals surface area contributed by atoms with E-state index in [4.69, 9.17) is 0 Å². The summed E-state index contributed by atoms with van der Waals surface area (Å²) in [6.45, 7) is 13.1. The van der Waals surface area contributed by atoms with Crippen LogP contribution >= 0.6 is 0 Å². The third kappa shape index (κ3) is 7.07. The van der Waals surface area contributed by atoms with Crippen LogP contribution in [-0.2, 0) is 4.79 Å². The van der Waals surface area contributed by atoms with E-state index in [2.05, 4.69) is 41.3 Å². The predicted molar refractivity (Wildman–Crippen MR) is 101 cm³/mol. The van der Waals surface area contributed by atoms with E-state index in [0.717, 1.165) is 25.0 Å². The minimum Gasteiger partial charge on any atom is -0.357 e. The molecule has 1 fully saturated rings. The molecule has 0 bridgehead atoms. The fourth-order valence-corrected chi connectivity index (χ4v) is 2.98. The standard InChI is InChI=1S/C18H37N5O/c1-7-19-18(21-13-17(24)22(5)6)20-12-16(14(2)3)23-10-8-15(4)9-11-23/h14-16H,7-13H2,1-6H3,(H2,19,20,21). The summed E-state index contributed by atoms with van der Waals surface area (Å²) in [5.41, 5.74) is 0. The summed E-state index contributed by atoms with van der Waals surface area (Å²) in [5.74, 6) is 2.16. The number of likely N-dealkylation sites (tertiary alicyclic amines) is 1. The smallest absolute Gasteiger partial charge is 0.243 e. The number of piperidine rings is 1. The highest BCUT2D eigenvalue weighted by molar-refractivity contribution is 5.84. The van der Waals surface area contributed by atoms with Crippen molar-refractivity contribution in [3.05, 3.63) is 0 Å². The first kappa shape index (κ1) is 20.7. The molecule has 0 radical (unpaired) electrons. The van der Waals surface area contributed by atoms with Crippen LogP contribution in [0.1, 0.15) is 40.5 Å². The van der Waals surface area contributed by atoms with Crippen molar-refractivity contribution in [3.8, 4) is 0 Å². The number of nitrogens with one attached hydrogen (secondary N) is 2. The van der Waals surface area contributed by atoms with Crippen LogP contribution < -0.4 is 10.6 Å². The molecule has 1 aliphatic heterocycles. The lowest BCUT2D eigenvalue weighted by atomic mass is 9.94. The number of hydrogen-bond acceptors (Lipinski definition) is 3. The Morgan fingerprint density at radius 3 is 2.38 bits per heavy atom. The molecule has 1 aliphatic rings. The fourth-order valence-electron chi connectivity index (χ4n) is 2.98. The summed E-state index contributed by atoms with van der Waals surface area (Å²) in [5, 5.41) is 6.66. The third-order valence-electron chi connectivity index (χ3n) is 4.75. The Labute approximate surface area is 148 Å². The molecule has 6 nitrogen and oxygen atoms in total. The van der Waals surface area contributed by atoms with Crippen molar-refractivity contribution in [2.75, 3.05) is 46.8 Å². The molecule has 1 amide bonds. The van der Waals surface area contributed by atoms with E-state index in [0.29, 0.717) is 12.0 Å². The number of carbonyl (C=O) groups excluding carboxylic acids is 1. The summed E-state index contributed by atoms with van der Waals surface area (Å²) in [6, 6.07) is 0.492. The highest BCUT2D eigenvalue weighted by atomic mass is 16.2. The van der Waals surface area contributed by atoms with Crippen molar-refractivity contribution in [2.45, 2.75) is 46.6 Å². The van der Waals surface area contributed by atoms with Gasteiger partial charge in [-0.15, -0.1) is 0 Å². The van der Waals surface area contributed by atoms with E-state index in [9.17, 15) is 4.79 Å². The maximum Gasteiger partial charge on any atom is 0.243 e. The second kappa shape index (κ2) is 10.5. The average Bonchev–Trinajstić information content (AvgIpc) is 2.53. The Hall–Kier alpha value is -1.30. The van der Waals surface area contributed by atoms with E-state index in [1.807, 2.05) is 6.92 Å². The molecule has 1 heterocycles. The predicted octanol–water partition coefficient (Wildman–Crippen LogP) is 1.39. The summed E-state index contributed by atoms with van der Waals surface area (Å²) in [7, 11) is 3.51. The first-order valence-electron chi connectivity index (χ1n) is 9.31. The van der Waals surface area contributed by atoms with Gasteiger partial charge in [-0.25, -0.2) is 4.99 Å². The highest BCUT2D eigenvalue weighted by Gasteiger charge is 2.25. The van der Waals surface area contributed by atoms with Crippen molar-refractivity contribution in [3.63, 3.8) is 0 Å². The molecule has 0 aromatic heterocycles. The molecule has 24 heavy (non-hydrogen) atoms. The topological polar surface area (TPSA) is 60.0 Å².